The van der Waals surface area contributed by atoms with E-state index in [1.54, 1.807) is 0 Å². The Morgan fingerprint density at radius 2 is 2.15 bits per heavy atom. The molecule has 3 nitrogen and oxygen atoms in total. The molecule has 20 heavy (non-hydrogen) atoms. The van der Waals surface area contributed by atoms with Crippen molar-refractivity contribution in [2.45, 2.75) is 32.7 Å². The number of likely N-dealkylation sites (N-methyl/N-ethyl adjacent to an activating group) is 1. The molecule has 0 bridgehead atoms. The Balaban J connectivity index is 2.25. The number of amides is 1. The fraction of sp³-hybridized carbons (Fsp3) is 0.562. The van der Waals surface area contributed by atoms with Crippen molar-refractivity contribution in [3.63, 3.8) is 0 Å². The van der Waals surface area contributed by atoms with Crippen LogP contribution in [0.15, 0.2) is 22.7 Å². The van der Waals surface area contributed by atoms with Gasteiger partial charge in [0, 0.05) is 23.6 Å². The summed E-state index contributed by atoms with van der Waals surface area (Å²) in [6.45, 7) is 7.08. The van der Waals surface area contributed by atoms with Crippen molar-refractivity contribution in [1.29, 1.82) is 0 Å². The van der Waals surface area contributed by atoms with Crippen molar-refractivity contribution in [3.8, 4) is 0 Å². The van der Waals surface area contributed by atoms with E-state index in [0.717, 1.165) is 48.1 Å². The Bertz CT molecular complexity index is 489. The van der Waals surface area contributed by atoms with Gasteiger partial charge in [-0.15, -0.1) is 0 Å². The van der Waals surface area contributed by atoms with Gasteiger partial charge in [-0.3, -0.25) is 4.79 Å². The highest BCUT2D eigenvalue weighted by Gasteiger charge is 2.27. The topological polar surface area (TPSA) is 23.6 Å². The van der Waals surface area contributed by atoms with E-state index in [-0.39, 0.29) is 5.91 Å². The average Bonchev–Trinajstić information content (AvgIpc) is 2.59. The highest BCUT2D eigenvalue weighted by Crippen LogP contribution is 2.23. The molecule has 1 unspecified atom stereocenters. The molecule has 1 atom stereocenters. The molecule has 1 saturated heterocycles. The Hall–Kier alpha value is -0.870. The summed E-state index contributed by atoms with van der Waals surface area (Å²) in [5.74, 6) is 0.152. The fourth-order valence-electron chi connectivity index (χ4n) is 2.81. The summed E-state index contributed by atoms with van der Waals surface area (Å²) >= 11 is 3.53. The average molecular weight is 339 g/mol. The van der Waals surface area contributed by atoms with Gasteiger partial charge in [-0.1, -0.05) is 13.0 Å². The third-order valence-electron chi connectivity index (χ3n) is 3.99. The van der Waals surface area contributed by atoms with Crippen LogP contribution in [0.1, 0.15) is 35.7 Å². The van der Waals surface area contributed by atoms with Gasteiger partial charge in [-0.05, 0) is 67.0 Å². The van der Waals surface area contributed by atoms with Gasteiger partial charge in [0.1, 0.15) is 0 Å². The van der Waals surface area contributed by atoms with E-state index in [1.807, 2.05) is 25.1 Å². The SMILES string of the molecule is CCC1CN(C)CCCN1C(=O)c1ccc(C)cc1Br. The summed E-state index contributed by atoms with van der Waals surface area (Å²) in [4.78, 5) is 17.2. The second-order valence-electron chi connectivity index (χ2n) is 5.66. The molecule has 0 aliphatic carbocycles. The van der Waals surface area contributed by atoms with Gasteiger partial charge in [0.2, 0.25) is 0 Å². The monoisotopic (exact) mass is 338 g/mol. The van der Waals surface area contributed by atoms with Crippen LogP contribution in [0.2, 0.25) is 0 Å². The van der Waals surface area contributed by atoms with Crippen molar-refractivity contribution < 1.29 is 4.79 Å². The molecule has 0 saturated carbocycles. The number of benzene rings is 1. The Labute approximate surface area is 130 Å². The smallest absolute Gasteiger partial charge is 0.255 e. The lowest BCUT2D eigenvalue weighted by molar-refractivity contribution is 0.0675. The quantitative estimate of drug-likeness (QED) is 0.825. The second kappa shape index (κ2) is 6.72. The highest BCUT2D eigenvalue weighted by atomic mass is 79.9. The first kappa shape index (κ1) is 15.5. The predicted octanol–water partition coefficient (Wildman–Crippen LogP) is 3.31. The molecule has 1 amide bonds. The summed E-state index contributed by atoms with van der Waals surface area (Å²) in [7, 11) is 2.14. The van der Waals surface area contributed by atoms with Gasteiger partial charge in [0.15, 0.2) is 0 Å². The molecule has 0 spiro atoms. The first-order valence-electron chi connectivity index (χ1n) is 7.28. The van der Waals surface area contributed by atoms with Gasteiger partial charge in [-0.25, -0.2) is 0 Å². The van der Waals surface area contributed by atoms with E-state index in [1.165, 1.54) is 0 Å². The number of carbonyl (C=O) groups is 1. The number of aryl methyl sites for hydroxylation is 1. The molecule has 1 aromatic rings. The second-order valence-corrected chi connectivity index (χ2v) is 6.51. The van der Waals surface area contributed by atoms with Gasteiger partial charge in [-0.2, -0.15) is 0 Å². The van der Waals surface area contributed by atoms with E-state index < -0.39 is 0 Å². The Kier molecular flexibility index (Phi) is 5.22. The van der Waals surface area contributed by atoms with Crippen LogP contribution in [-0.4, -0.2) is 48.4 Å². The molecule has 110 valence electrons. The summed E-state index contributed by atoms with van der Waals surface area (Å²) in [6, 6.07) is 6.26. The van der Waals surface area contributed by atoms with E-state index in [4.69, 9.17) is 0 Å². The minimum atomic E-state index is 0.152. The number of halogens is 1. The molecule has 4 heteroatoms. The molecule has 0 N–H and O–H groups in total. The van der Waals surface area contributed by atoms with Crippen LogP contribution >= 0.6 is 15.9 Å². The largest absolute Gasteiger partial charge is 0.334 e. The molecular weight excluding hydrogens is 316 g/mol. The van der Waals surface area contributed by atoms with Gasteiger partial charge >= 0.3 is 0 Å². The summed E-state index contributed by atoms with van der Waals surface area (Å²) in [5, 5.41) is 0. The van der Waals surface area contributed by atoms with Crippen molar-refractivity contribution >= 4 is 21.8 Å². The lowest BCUT2D eigenvalue weighted by Gasteiger charge is -2.30. The van der Waals surface area contributed by atoms with E-state index >= 15 is 0 Å². The summed E-state index contributed by atoms with van der Waals surface area (Å²) in [6.07, 6.45) is 2.04. The molecule has 0 radical (unpaired) electrons. The van der Waals surface area contributed by atoms with Gasteiger partial charge in [0.25, 0.3) is 5.91 Å². The molecule has 2 rings (SSSR count). The van der Waals surface area contributed by atoms with Crippen LogP contribution in [0.25, 0.3) is 0 Å². The molecule has 1 aliphatic rings. The molecule has 0 aromatic heterocycles. The number of hydrogen-bond acceptors (Lipinski definition) is 2. The summed E-state index contributed by atoms with van der Waals surface area (Å²) < 4.78 is 0.898. The maximum atomic E-state index is 12.8. The van der Waals surface area contributed by atoms with Crippen LogP contribution in [0.4, 0.5) is 0 Å². The lowest BCUT2D eigenvalue weighted by Crippen LogP contribution is -2.43. The van der Waals surface area contributed by atoms with Gasteiger partial charge in [0.05, 0.1) is 5.56 Å². The predicted molar refractivity (Wildman–Crippen MR) is 86.1 cm³/mol. The normalized spacial score (nSPS) is 20.8. The summed E-state index contributed by atoms with van der Waals surface area (Å²) in [5.41, 5.74) is 1.94. The minimum Gasteiger partial charge on any atom is -0.334 e. The Morgan fingerprint density at radius 1 is 1.40 bits per heavy atom. The van der Waals surface area contributed by atoms with Crippen LogP contribution in [0.3, 0.4) is 0 Å². The minimum absolute atomic E-state index is 0.152. The molecular formula is C16H23BrN2O. The molecule has 1 aliphatic heterocycles. The van der Waals surface area contributed by atoms with Crippen molar-refractivity contribution in [1.82, 2.24) is 9.80 Å². The first-order chi connectivity index (χ1) is 9.52. The fourth-order valence-corrected chi connectivity index (χ4v) is 3.47. The number of carbonyl (C=O) groups excluding carboxylic acids is 1. The third-order valence-corrected chi connectivity index (χ3v) is 4.65. The zero-order chi connectivity index (χ0) is 14.7. The number of nitrogens with zero attached hydrogens (tertiary/aromatic N) is 2. The van der Waals surface area contributed by atoms with Crippen molar-refractivity contribution in [2.75, 3.05) is 26.7 Å². The van der Waals surface area contributed by atoms with Gasteiger partial charge < -0.3 is 9.80 Å². The molecule has 1 heterocycles. The highest BCUT2D eigenvalue weighted by molar-refractivity contribution is 9.10. The van der Waals surface area contributed by atoms with Crippen LogP contribution in [-0.2, 0) is 0 Å². The van der Waals surface area contributed by atoms with E-state index in [0.29, 0.717) is 6.04 Å². The number of hydrogen-bond donors (Lipinski definition) is 0. The third kappa shape index (κ3) is 3.41. The van der Waals surface area contributed by atoms with E-state index in [9.17, 15) is 4.79 Å². The van der Waals surface area contributed by atoms with Crippen molar-refractivity contribution in [3.05, 3.63) is 33.8 Å². The lowest BCUT2D eigenvalue weighted by atomic mass is 10.1. The van der Waals surface area contributed by atoms with E-state index in [2.05, 4.69) is 39.7 Å². The Morgan fingerprint density at radius 3 is 2.80 bits per heavy atom. The van der Waals surface area contributed by atoms with Crippen LogP contribution < -0.4 is 0 Å². The maximum Gasteiger partial charge on any atom is 0.255 e. The molecule has 1 aromatic carbocycles. The van der Waals surface area contributed by atoms with Crippen molar-refractivity contribution in [2.24, 2.45) is 0 Å². The van der Waals surface area contributed by atoms with Crippen LogP contribution in [0.5, 0.6) is 0 Å². The zero-order valence-electron chi connectivity index (χ0n) is 12.5. The zero-order valence-corrected chi connectivity index (χ0v) is 14.1. The number of rotatable bonds is 2. The molecule has 1 fully saturated rings. The maximum absolute atomic E-state index is 12.8. The standard InChI is InChI=1S/C16H23BrN2O/c1-4-13-11-18(3)8-5-9-19(13)16(20)14-7-6-12(2)10-15(14)17/h6-7,10,13H,4-5,8-9,11H2,1-3H3. The van der Waals surface area contributed by atoms with Crippen LogP contribution in [0, 0.1) is 6.92 Å². The first-order valence-corrected chi connectivity index (χ1v) is 8.08.